The highest BCUT2D eigenvalue weighted by Crippen LogP contribution is 2.29. The Kier molecular flexibility index (Phi) is 3.64. The van der Waals surface area contributed by atoms with Gasteiger partial charge in [-0.3, -0.25) is 0 Å². The lowest BCUT2D eigenvalue weighted by Gasteiger charge is -2.09. The fourth-order valence-corrected chi connectivity index (χ4v) is 1.61. The van der Waals surface area contributed by atoms with Crippen molar-refractivity contribution in [1.29, 1.82) is 5.26 Å². The molecule has 0 fully saturated rings. The predicted octanol–water partition coefficient (Wildman–Crippen LogP) is 3.10. The second-order valence-corrected chi connectivity index (χ2v) is 3.95. The molecule has 0 saturated carbocycles. The van der Waals surface area contributed by atoms with Gasteiger partial charge < -0.3 is 9.84 Å². The fourth-order valence-electron chi connectivity index (χ4n) is 1.43. The van der Waals surface area contributed by atoms with E-state index in [1.165, 1.54) is 30.5 Å². The quantitative estimate of drug-likeness (QED) is 0.930. The van der Waals surface area contributed by atoms with Crippen LogP contribution in [0.2, 0.25) is 5.02 Å². The van der Waals surface area contributed by atoms with E-state index in [2.05, 4.69) is 4.98 Å². The molecule has 6 heteroatoms. The summed E-state index contributed by atoms with van der Waals surface area (Å²) < 4.78 is 5.42. The monoisotopic (exact) mass is 274 g/mol. The number of pyridine rings is 1. The minimum absolute atomic E-state index is 0.0776. The Balaban J connectivity index is 2.44. The van der Waals surface area contributed by atoms with Crippen LogP contribution >= 0.6 is 11.6 Å². The molecule has 0 aliphatic rings. The molecule has 0 bridgehead atoms. The molecule has 1 aromatic carbocycles. The van der Waals surface area contributed by atoms with Crippen molar-refractivity contribution >= 4 is 17.6 Å². The summed E-state index contributed by atoms with van der Waals surface area (Å²) in [6, 6.07) is 9.21. The topological polar surface area (TPSA) is 83.2 Å². The number of rotatable bonds is 3. The minimum Gasteiger partial charge on any atom is -0.478 e. The van der Waals surface area contributed by atoms with E-state index in [0.717, 1.165) is 0 Å². The molecule has 0 saturated heterocycles. The molecule has 94 valence electrons. The zero-order chi connectivity index (χ0) is 13.8. The largest absolute Gasteiger partial charge is 0.478 e. The number of carboxylic acid groups (broad SMARTS) is 1. The van der Waals surface area contributed by atoms with Gasteiger partial charge in [-0.25, -0.2) is 9.78 Å². The first-order chi connectivity index (χ1) is 9.11. The van der Waals surface area contributed by atoms with Crippen molar-refractivity contribution in [3.8, 4) is 17.6 Å². The fraction of sp³-hybridized carbons (Fsp3) is 0. The summed E-state index contributed by atoms with van der Waals surface area (Å²) in [5.41, 5.74) is -0.00553. The van der Waals surface area contributed by atoms with Crippen LogP contribution in [-0.4, -0.2) is 16.1 Å². The van der Waals surface area contributed by atoms with E-state index in [1.54, 1.807) is 6.07 Å². The first-order valence-corrected chi connectivity index (χ1v) is 5.55. The first-order valence-electron chi connectivity index (χ1n) is 5.17. The van der Waals surface area contributed by atoms with E-state index >= 15 is 0 Å². The van der Waals surface area contributed by atoms with Crippen molar-refractivity contribution in [2.75, 3.05) is 0 Å². The molecular weight excluding hydrogens is 268 g/mol. The third-order valence-electron chi connectivity index (χ3n) is 2.27. The zero-order valence-electron chi connectivity index (χ0n) is 9.50. The van der Waals surface area contributed by atoms with E-state index in [1.807, 2.05) is 6.07 Å². The molecule has 0 aliphatic heterocycles. The van der Waals surface area contributed by atoms with Gasteiger partial charge in [-0.05, 0) is 30.3 Å². The molecule has 1 heterocycles. The molecule has 0 radical (unpaired) electrons. The Morgan fingerprint density at radius 3 is 2.84 bits per heavy atom. The number of benzene rings is 1. The number of halogens is 1. The molecule has 0 spiro atoms. The average Bonchev–Trinajstić information content (AvgIpc) is 2.41. The number of nitrogens with zero attached hydrogens (tertiary/aromatic N) is 2. The Labute approximate surface area is 113 Å². The van der Waals surface area contributed by atoms with E-state index in [-0.39, 0.29) is 27.8 Å². The molecule has 2 rings (SSSR count). The lowest BCUT2D eigenvalue weighted by molar-refractivity contribution is 0.0694. The summed E-state index contributed by atoms with van der Waals surface area (Å²) >= 11 is 5.74. The van der Waals surface area contributed by atoms with E-state index in [4.69, 9.17) is 26.7 Å². The van der Waals surface area contributed by atoms with E-state index in [0.29, 0.717) is 0 Å². The van der Waals surface area contributed by atoms with Gasteiger partial charge >= 0.3 is 5.97 Å². The maximum atomic E-state index is 11.1. The SMILES string of the molecule is N#Cc1ncccc1Oc1ccc(Cl)cc1C(=O)O. The number of hydrogen-bond donors (Lipinski definition) is 1. The molecule has 0 unspecified atom stereocenters. The van der Waals surface area contributed by atoms with Gasteiger partial charge in [0.1, 0.15) is 17.4 Å². The Bertz CT molecular complexity index is 680. The molecule has 1 N–H and O–H groups in total. The summed E-state index contributed by atoms with van der Waals surface area (Å²) in [7, 11) is 0. The first kappa shape index (κ1) is 12.9. The van der Waals surface area contributed by atoms with Crippen molar-refractivity contribution in [2.45, 2.75) is 0 Å². The normalized spacial score (nSPS) is 9.68. The number of aromatic carboxylic acids is 1. The van der Waals surface area contributed by atoms with Crippen molar-refractivity contribution < 1.29 is 14.6 Å². The second-order valence-electron chi connectivity index (χ2n) is 3.51. The number of nitriles is 1. The lowest BCUT2D eigenvalue weighted by atomic mass is 10.2. The molecule has 5 nitrogen and oxygen atoms in total. The maximum Gasteiger partial charge on any atom is 0.339 e. The Morgan fingerprint density at radius 1 is 1.37 bits per heavy atom. The Hall–Kier alpha value is -2.58. The maximum absolute atomic E-state index is 11.1. The average molecular weight is 275 g/mol. The highest BCUT2D eigenvalue weighted by atomic mass is 35.5. The van der Waals surface area contributed by atoms with Gasteiger partial charge in [0, 0.05) is 11.2 Å². The molecule has 0 amide bonds. The third-order valence-corrected chi connectivity index (χ3v) is 2.50. The smallest absolute Gasteiger partial charge is 0.339 e. The van der Waals surface area contributed by atoms with Crippen molar-refractivity contribution in [3.63, 3.8) is 0 Å². The number of aromatic nitrogens is 1. The van der Waals surface area contributed by atoms with Crippen molar-refractivity contribution in [1.82, 2.24) is 4.98 Å². The summed E-state index contributed by atoms with van der Waals surface area (Å²) in [6.45, 7) is 0. The molecule has 0 aliphatic carbocycles. The Morgan fingerprint density at radius 2 is 2.16 bits per heavy atom. The standard InChI is InChI=1S/C13H7ClN2O3/c14-8-3-4-11(9(6-8)13(17)18)19-12-2-1-5-16-10(12)7-15/h1-6H,(H,17,18). The van der Waals surface area contributed by atoms with Gasteiger partial charge in [-0.2, -0.15) is 5.26 Å². The van der Waals surface area contributed by atoms with Crippen LogP contribution in [0, 0.1) is 11.3 Å². The number of carbonyl (C=O) groups is 1. The molecule has 0 atom stereocenters. The van der Waals surface area contributed by atoms with Crippen LogP contribution in [0.3, 0.4) is 0 Å². The minimum atomic E-state index is -1.17. The predicted molar refractivity (Wildman–Crippen MR) is 67.4 cm³/mol. The van der Waals surface area contributed by atoms with Crippen LogP contribution in [-0.2, 0) is 0 Å². The molecule has 2 aromatic rings. The molecule has 1 aromatic heterocycles. The number of carboxylic acids is 1. The molecular formula is C13H7ClN2O3. The van der Waals surface area contributed by atoms with Gasteiger partial charge in [0.2, 0.25) is 0 Å². The zero-order valence-corrected chi connectivity index (χ0v) is 10.3. The highest BCUT2D eigenvalue weighted by molar-refractivity contribution is 6.31. The van der Waals surface area contributed by atoms with Gasteiger partial charge in [-0.1, -0.05) is 11.6 Å². The van der Waals surface area contributed by atoms with Gasteiger partial charge in [0.15, 0.2) is 11.4 Å². The van der Waals surface area contributed by atoms with Gasteiger partial charge in [0.25, 0.3) is 0 Å². The second kappa shape index (κ2) is 5.38. The molecule has 19 heavy (non-hydrogen) atoms. The van der Waals surface area contributed by atoms with E-state index in [9.17, 15) is 4.79 Å². The third kappa shape index (κ3) is 2.81. The number of hydrogen-bond acceptors (Lipinski definition) is 4. The van der Waals surface area contributed by atoms with Crippen LogP contribution in [0.15, 0.2) is 36.5 Å². The van der Waals surface area contributed by atoms with Gasteiger partial charge in [-0.15, -0.1) is 0 Å². The van der Waals surface area contributed by atoms with Crippen LogP contribution < -0.4 is 4.74 Å². The van der Waals surface area contributed by atoms with Gasteiger partial charge in [0.05, 0.1) is 0 Å². The van der Waals surface area contributed by atoms with Crippen LogP contribution in [0.4, 0.5) is 0 Å². The van der Waals surface area contributed by atoms with Crippen LogP contribution in [0.1, 0.15) is 16.1 Å². The van der Waals surface area contributed by atoms with Crippen LogP contribution in [0.25, 0.3) is 0 Å². The van der Waals surface area contributed by atoms with Crippen LogP contribution in [0.5, 0.6) is 11.5 Å². The highest BCUT2D eigenvalue weighted by Gasteiger charge is 2.14. The summed E-state index contributed by atoms with van der Waals surface area (Å²) in [6.07, 6.45) is 1.45. The van der Waals surface area contributed by atoms with E-state index < -0.39 is 5.97 Å². The number of ether oxygens (including phenoxy) is 1. The van der Waals surface area contributed by atoms with Crippen molar-refractivity contribution in [3.05, 3.63) is 52.8 Å². The summed E-state index contributed by atoms with van der Waals surface area (Å²) in [5.74, 6) is -0.879. The lowest BCUT2D eigenvalue weighted by Crippen LogP contribution is -2.01. The van der Waals surface area contributed by atoms with Crippen molar-refractivity contribution in [2.24, 2.45) is 0 Å². The summed E-state index contributed by atoms with van der Waals surface area (Å²) in [4.78, 5) is 14.9. The summed E-state index contributed by atoms with van der Waals surface area (Å²) in [5, 5.41) is 18.3.